The molecule has 8 rings (SSSR count). The van der Waals surface area contributed by atoms with Gasteiger partial charge in [-0.05, 0) is 67.9 Å². The summed E-state index contributed by atoms with van der Waals surface area (Å²) in [7, 11) is 3.62. The molecule has 1 aromatic carbocycles. The second kappa shape index (κ2) is 9.61. The molecule has 0 radical (unpaired) electrons. The van der Waals surface area contributed by atoms with Gasteiger partial charge in [-0.2, -0.15) is 5.26 Å². The number of hydrogen-bond donors (Lipinski definition) is 1. The Balaban J connectivity index is 1.23. The van der Waals surface area contributed by atoms with E-state index < -0.39 is 0 Å². The van der Waals surface area contributed by atoms with E-state index in [-0.39, 0.29) is 23.8 Å². The van der Waals surface area contributed by atoms with Gasteiger partial charge in [0.2, 0.25) is 5.82 Å². The molecule has 43 heavy (non-hydrogen) atoms. The smallest absolute Gasteiger partial charge is 0.254 e. The van der Waals surface area contributed by atoms with Gasteiger partial charge >= 0.3 is 0 Å². The Morgan fingerprint density at radius 1 is 1.12 bits per heavy atom. The molecule has 2 saturated carbocycles. The zero-order chi connectivity index (χ0) is 29.4. The van der Waals surface area contributed by atoms with Gasteiger partial charge in [-0.1, -0.05) is 0 Å². The van der Waals surface area contributed by atoms with Crippen LogP contribution in [0.2, 0.25) is 0 Å². The van der Waals surface area contributed by atoms with Crippen LogP contribution in [0.25, 0.3) is 44.8 Å². The van der Waals surface area contributed by atoms with Crippen LogP contribution in [0.4, 0.5) is 0 Å². The highest BCUT2D eigenvalue weighted by molar-refractivity contribution is 6.00. The van der Waals surface area contributed by atoms with Crippen LogP contribution in [0.15, 0.2) is 42.7 Å². The number of likely N-dealkylation sites (tertiary alicyclic amines) is 1. The zero-order valence-corrected chi connectivity index (χ0v) is 24.1. The van der Waals surface area contributed by atoms with E-state index in [1.54, 1.807) is 19.5 Å². The lowest BCUT2D eigenvalue weighted by Crippen LogP contribution is -2.41. The quantitative estimate of drug-likeness (QED) is 0.323. The first-order valence-electron chi connectivity index (χ1n) is 14.8. The number of nitrogens with zero attached hydrogens (tertiary/aromatic N) is 8. The van der Waals surface area contributed by atoms with Gasteiger partial charge in [0.1, 0.15) is 23.0 Å². The van der Waals surface area contributed by atoms with Gasteiger partial charge in [0, 0.05) is 61.1 Å². The van der Waals surface area contributed by atoms with E-state index in [9.17, 15) is 4.79 Å². The third-order valence-corrected chi connectivity index (χ3v) is 9.47. The van der Waals surface area contributed by atoms with E-state index >= 15 is 0 Å². The highest BCUT2D eigenvalue weighted by Gasteiger charge is 2.47. The summed E-state index contributed by atoms with van der Waals surface area (Å²) in [6.07, 6.45) is 7.69. The molecule has 0 spiro atoms. The Bertz CT molecular complexity index is 1970. The van der Waals surface area contributed by atoms with Crippen LogP contribution in [-0.2, 0) is 13.6 Å². The summed E-state index contributed by atoms with van der Waals surface area (Å²) in [5.41, 5.74) is 11.8. The van der Waals surface area contributed by atoms with Crippen molar-refractivity contribution in [3.63, 3.8) is 0 Å². The molecular weight excluding hydrogens is 542 g/mol. The molecule has 2 N–H and O–H groups in total. The van der Waals surface area contributed by atoms with Crippen LogP contribution < -0.4 is 10.5 Å². The average molecular weight is 574 g/mol. The number of hydrogen-bond acceptors (Lipinski definition) is 8. The zero-order valence-electron chi connectivity index (χ0n) is 24.1. The second-order valence-corrected chi connectivity index (χ2v) is 12.1. The maximum absolute atomic E-state index is 13.7. The van der Waals surface area contributed by atoms with Crippen molar-refractivity contribution in [2.75, 3.05) is 13.7 Å². The number of imidazole rings is 1. The molecule has 1 aliphatic heterocycles. The lowest BCUT2D eigenvalue weighted by molar-refractivity contribution is 0.0700. The molecule has 3 atom stereocenters. The number of aryl methyl sites for hydroxylation is 1. The van der Waals surface area contributed by atoms with Crippen molar-refractivity contribution in [3.8, 4) is 34.6 Å². The SMILES string of the molecule is COc1cc(C(=O)N2CC3CCC2C3N)cc2nc(-c3cc4ccc(-c5cnc(C#N)nc5)nc4n3CC3CC3)n(C)c12. The number of fused-ring (bicyclic) bond motifs is 4. The van der Waals surface area contributed by atoms with E-state index in [4.69, 9.17) is 25.7 Å². The van der Waals surface area contributed by atoms with Crippen LogP contribution in [0.5, 0.6) is 5.75 Å². The minimum absolute atomic E-state index is 0.0126. The van der Waals surface area contributed by atoms with Crippen LogP contribution in [0.3, 0.4) is 0 Å². The lowest BCUT2D eigenvalue weighted by Gasteiger charge is -2.27. The van der Waals surface area contributed by atoms with Gasteiger partial charge < -0.3 is 24.5 Å². The number of carbonyl (C=O) groups is 1. The molecule has 2 aliphatic carbocycles. The van der Waals surface area contributed by atoms with Gasteiger partial charge in [-0.15, -0.1) is 0 Å². The van der Waals surface area contributed by atoms with Crippen LogP contribution in [0.1, 0.15) is 41.9 Å². The van der Waals surface area contributed by atoms with Crippen molar-refractivity contribution in [3.05, 3.63) is 54.1 Å². The topological polar surface area (TPSA) is 141 Å². The van der Waals surface area contributed by atoms with Crippen LogP contribution >= 0.6 is 0 Å². The van der Waals surface area contributed by atoms with E-state index in [0.29, 0.717) is 35.2 Å². The Kier molecular flexibility index (Phi) is 5.78. The summed E-state index contributed by atoms with van der Waals surface area (Å²) >= 11 is 0. The number of piperidine rings is 1. The number of nitriles is 1. The highest BCUT2D eigenvalue weighted by Crippen LogP contribution is 2.40. The summed E-state index contributed by atoms with van der Waals surface area (Å²) in [5, 5.41) is 10.1. The fourth-order valence-corrected chi connectivity index (χ4v) is 7.00. The molecule has 3 unspecified atom stereocenters. The molecule has 11 heteroatoms. The maximum atomic E-state index is 13.7. The molecule has 3 fully saturated rings. The third kappa shape index (κ3) is 4.08. The van der Waals surface area contributed by atoms with Gasteiger partial charge in [-0.3, -0.25) is 4.79 Å². The summed E-state index contributed by atoms with van der Waals surface area (Å²) < 4.78 is 10.1. The van der Waals surface area contributed by atoms with Crippen molar-refractivity contribution in [2.45, 2.75) is 44.3 Å². The van der Waals surface area contributed by atoms with Gasteiger partial charge in [-0.25, -0.2) is 19.9 Å². The number of rotatable bonds is 6. The number of aromatic nitrogens is 6. The number of amides is 1. The first-order chi connectivity index (χ1) is 20.9. The summed E-state index contributed by atoms with van der Waals surface area (Å²) in [6, 6.07) is 12.0. The highest BCUT2D eigenvalue weighted by atomic mass is 16.5. The number of nitrogens with two attached hydrogens (primary N) is 1. The molecule has 2 bridgehead atoms. The van der Waals surface area contributed by atoms with E-state index in [1.807, 2.05) is 40.8 Å². The number of pyridine rings is 1. The second-order valence-electron chi connectivity index (χ2n) is 12.1. The molecule has 5 heterocycles. The fourth-order valence-electron chi connectivity index (χ4n) is 7.00. The third-order valence-electron chi connectivity index (χ3n) is 9.47. The predicted octanol–water partition coefficient (Wildman–Crippen LogP) is 3.90. The van der Waals surface area contributed by atoms with Gasteiger partial charge in [0.25, 0.3) is 5.91 Å². The summed E-state index contributed by atoms with van der Waals surface area (Å²) in [6.45, 7) is 1.55. The van der Waals surface area contributed by atoms with Crippen molar-refractivity contribution >= 4 is 28.0 Å². The Labute approximate surface area is 247 Å². The van der Waals surface area contributed by atoms with Gasteiger partial charge in [0.15, 0.2) is 5.82 Å². The van der Waals surface area contributed by atoms with Crippen LogP contribution in [0, 0.1) is 23.2 Å². The van der Waals surface area contributed by atoms with E-state index in [0.717, 1.165) is 58.7 Å². The average Bonchev–Trinajstić information content (AvgIpc) is 3.44. The molecule has 4 aromatic heterocycles. The molecule has 5 aromatic rings. The molecule has 3 aliphatic rings. The van der Waals surface area contributed by atoms with E-state index in [1.165, 1.54) is 12.8 Å². The lowest BCUT2D eigenvalue weighted by atomic mass is 10.1. The maximum Gasteiger partial charge on any atom is 0.254 e. The van der Waals surface area contributed by atoms with Crippen LogP contribution in [-0.4, -0.2) is 65.6 Å². The Morgan fingerprint density at radius 2 is 1.93 bits per heavy atom. The van der Waals surface area contributed by atoms with Crippen molar-refractivity contribution in [2.24, 2.45) is 24.6 Å². The standard InChI is InChI=1S/C32H31N9O2/c1-39-29-23(9-20(11-26(29)43-2)32(42)41-16-19-6-8-24(41)28(19)34)38-31(39)25-10-18-5-7-22(21-13-35-27(12-33)36-14-21)37-30(18)40(25)15-17-3-4-17/h5,7,9-11,13-14,17,19,24,28H,3-4,6,8,15-16,34H2,1-2H3. The Morgan fingerprint density at radius 3 is 2.60 bits per heavy atom. The van der Waals surface area contributed by atoms with Gasteiger partial charge in [0.05, 0.1) is 24.0 Å². The van der Waals surface area contributed by atoms with Crippen molar-refractivity contribution in [1.82, 2.24) is 34.0 Å². The summed E-state index contributed by atoms with van der Waals surface area (Å²) in [5.74, 6) is 2.48. The molecule has 11 nitrogen and oxygen atoms in total. The molecular formula is C32H31N9O2. The van der Waals surface area contributed by atoms with Crippen molar-refractivity contribution in [1.29, 1.82) is 5.26 Å². The molecule has 216 valence electrons. The number of carbonyl (C=O) groups excluding carboxylic acids is 1. The van der Waals surface area contributed by atoms with Crippen molar-refractivity contribution < 1.29 is 9.53 Å². The first kappa shape index (κ1) is 25.9. The minimum Gasteiger partial charge on any atom is -0.494 e. The molecule has 1 amide bonds. The number of benzene rings is 1. The van der Waals surface area contributed by atoms with E-state index in [2.05, 4.69) is 26.7 Å². The summed E-state index contributed by atoms with van der Waals surface area (Å²) in [4.78, 5) is 34.0. The monoisotopic (exact) mass is 573 g/mol. The predicted molar refractivity (Wildman–Crippen MR) is 160 cm³/mol. The minimum atomic E-state index is -0.0126. The number of methoxy groups -OCH3 is 1. The molecule has 1 saturated heterocycles. The number of ether oxygens (including phenoxy) is 1. The fraction of sp³-hybridized carbons (Fsp3) is 0.375. The first-order valence-corrected chi connectivity index (χ1v) is 14.8. The normalized spacial score (nSPS) is 21.2. The largest absolute Gasteiger partial charge is 0.494 e. The Hall–Kier alpha value is -4.82.